The molecule has 0 aliphatic heterocycles. The van der Waals surface area contributed by atoms with Gasteiger partial charge in [-0.05, 0) is 42.8 Å². The first-order chi connectivity index (χ1) is 13.3. The largest absolute Gasteiger partial charge is 0.370 e. The highest BCUT2D eigenvalue weighted by Gasteiger charge is 2.30. The van der Waals surface area contributed by atoms with Crippen LogP contribution in [-0.2, 0) is 19.6 Å². The lowest BCUT2D eigenvalue weighted by atomic mass is 9.93. The lowest BCUT2D eigenvalue weighted by Gasteiger charge is -2.23. The van der Waals surface area contributed by atoms with Crippen LogP contribution in [0.1, 0.15) is 32.1 Å². The Morgan fingerprint density at radius 1 is 1.29 bits per heavy atom. The first-order valence-corrected chi connectivity index (χ1v) is 10.0. The van der Waals surface area contributed by atoms with E-state index in [9.17, 15) is 18.0 Å². The molecule has 10 nitrogen and oxygen atoms in total. The summed E-state index contributed by atoms with van der Waals surface area (Å²) < 4.78 is 26.0. The number of nitrogens with two attached hydrogens (primary N) is 1. The first-order valence-electron chi connectivity index (χ1n) is 8.59. The number of amides is 2. The third-order valence-electron chi connectivity index (χ3n) is 4.02. The van der Waals surface area contributed by atoms with Crippen LogP contribution in [0.25, 0.3) is 10.4 Å². The van der Waals surface area contributed by atoms with Gasteiger partial charge in [-0.15, -0.1) is 0 Å². The highest BCUT2D eigenvalue weighted by Crippen LogP contribution is 2.22. The number of azide groups is 1. The number of sulfonamides is 1. The maximum Gasteiger partial charge on any atom is 0.267 e. The fourth-order valence-electron chi connectivity index (χ4n) is 2.63. The van der Waals surface area contributed by atoms with Crippen molar-refractivity contribution >= 4 is 21.8 Å². The number of carbonyl (C=O) groups excluding carboxylic acids is 2. The van der Waals surface area contributed by atoms with Gasteiger partial charge in [-0.3, -0.25) is 9.59 Å². The fraction of sp³-hybridized carbons (Fsp3) is 0.471. The highest BCUT2D eigenvalue weighted by molar-refractivity contribution is 7.89. The normalized spacial score (nSPS) is 11.7. The predicted octanol–water partition coefficient (Wildman–Crippen LogP) is 2.09. The molecule has 1 atom stereocenters. The lowest BCUT2D eigenvalue weighted by molar-refractivity contribution is -0.127. The molecule has 0 heterocycles. The predicted molar refractivity (Wildman–Crippen MR) is 101 cm³/mol. The molecule has 0 aromatic heterocycles. The SMILES string of the molecule is N#CCN(C(=O)CC(CCCN=[N+]=[N-])CCC(N)=O)S(=O)(=O)c1ccccc1. The second kappa shape index (κ2) is 11.6. The summed E-state index contributed by atoms with van der Waals surface area (Å²) >= 11 is 0. The number of rotatable bonds is 12. The van der Waals surface area contributed by atoms with Gasteiger partial charge in [-0.1, -0.05) is 23.3 Å². The molecule has 0 fully saturated rings. The standard InChI is InChI=1S/C17H22N6O4S/c18-10-12-23(28(26,27)15-6-2-1-3-7-15)17(25)13-14(8-9-16(19)24)5-4-11-21-22-20/h1-3,6-7,14H,4-5,8-9,11-13H2,(H2,19,24). The van der Waals surface area contributed by atoms with Gasteiger partial charge in [0.05, 0.1) is 11.0 Å². The summed E-state index contributed by atoms with van der Waals surface area (Å²) in [5, 5.41) is 12.4. The van der Waals surface area contributed by atoms with Crippen molar-refractivity contribution in [3.05, 3.63) is 40.8 Å². The number of benzene rings is 1. The summed E-state index contributed by atoms with van der Waals surface area (Å²) in [5.41, 5.74) is 13.5. The molecule has 2 N–H and O–H groups in total. The van der Waals surface area contributed by atoms with Crippen molar-refractivity contribution in [1.29, 1.82) is 5.26 Å². The molecular weight excluding hydrogens is 384 g/mol. The molecule has 0 aliphatic carbocycles. The first kappa shape index (κ1) is 23.0. The van der Waals surface area contributed by atoms with Crippen LogP contribution in [0, 0.1) is 17.2 Å². The van der Waals surface area contributed by atoms with Gasteiger partial charge in [-0.2, -0.15) is 5.26 Å². The van der Waals surface area contributed by atoms with Gasteiger partial charge in [0.15, 0.2) is 0 Å². The average Bonchev–Trinajstić information content (AvgIpc) is 2.67. The zero-order chi connectivity index (χ0) is 21.0. The quantitative estimate of drug-likeness (QED) is 0.184. The third-order valence-corrected chi connectivity index (χ3v) is 5.80. The Labute approximate surface area is 163 Å². The molecule has 0 radical (unpaired) electrons. The van der Waals surface area contributed by atoms with Crippen molar-refractivity contribution in [2.75, 3.05) is 13.1 Å². The molecule has 150 valence electrons. The van der Waals surface area contributed by atoms with Crippen LogP contribution >= 0.6 is 0 Å². The van der Waals surface area contributed by atoms with Gasteiger partial charge in [-0.25, -0.2) is 12.7 Å². The minimum Gasteiger partial charge on any atom is -0.370 e. The molecule has 1 rings (SSSR count). The maximum absolute atomic E-state index is 12.7. The van der Waals surface area contributed by atoms with E-state index in [1.165, 1.54) is 24.3 Å². The Morgan fingerprint density at radius 3 is 2.54 bits per heavy atom. The van der Waals surface area contributed by atoms with Gasteiger partial charge in [0.2, 0.25) is 11.8 Å². The highest BCUT2D eigenvalue weighted by atomic mass is 32.2. The number of nitrogens with zero attached hydrogens (tertiary/aromatic N) is 5. The summed E-state index contributed by atoms with van der Waals surface area (Å²) in [6.45, 7) is -0.390. The monoisotopic (exact) mass is 406 g/mol. The third kappa shape index (κ3) is 7.26. The molecule has 0 saturated heterocycles. The molecule has 0 aliphatic rings. The van der Waals surface area contributed by atoms with Crippen molar-refractivity contribution in [2.45, 2.75) is 37.0 Å². The molecule has 2 amide bonds. The minimum absolute atomic E-state index is 0.0448. The molecule has 0 spiro atoms. The van der Waals surface area contributed by atoms with Crippen LogP contribution < -0.4 is 5.73 Å². The molecule has 11 heteroatoms. The zero-order valence-electron chi connectivity index (χ0n) is 15.3. The van der Waals surface area contributed by atoms with E-state index in [2.05, 4.69) is 10.0 Å². The van der Waals surface area contributed by atoms with E-state index < -0.39 is 28.4 Å². The van der Waals surface area contributed by atoms with Gasteiger partial charge in [0, 0.05) is 24.3 Å². The van der Waals surface area contributed by atoms with E-state index in [0.29, 0.717) is 23.6 Å². The summed E-state index contributed by atoms with van der Waals surface area (Å²) in [7, 11) is -4.17. The Balaban J connectivity index is 2.97. The zero-order valence-corrected chi connectivity index (χ0v) is 16.1. The van der Waals surface area contributed by atoms with Crippen LogP contribution in [0.15, 0.2) is 40.3 Å². The molecule has 1 aromatic carbocycles. The maximum atomic E-state index is 12.7. The van der Waals surface area contributed by atoms with Gasteiger partial charge in [0.25, 0.3) is 10.0 Å². The number of hydrogen-bond donors (Lipinski definition) is 1. The summed E-state index contributed by atoms with van der Waals surface area (Å²) in [5.74, 6) is -1.59. The lowest BCUT2D eigenvalue weighted by Crippen LogP contribution is -2.38. The van der Waals surface area contributed by atoms with E-state index in [1.54, 1.807) is 12.1 Å². The van der Waals surface area contributed by atoms with Crippen molar-refractivity contribution in [3.8, 4) is 6.07 Å². The second-order valence-corrected chi connectivity index (χ2v) is 7.91. The molecule has 0 saturated carbocycles. The van der Waals surface area contributed by atoms with Crippen molar-refractivity contribution in [1.82, 2.24) is 4.31 Å². The fourth-order valence-corrected chi connectivity index (χ4v) is 3.96. The van der Waals surface area contributed by atoms with Gasteiger partial charge in [0.1, 0.15) is 6.54 Å². The summed E-state index contributed by atoms with van der Waals surface area (Å²) in [4.78, 5) is 26.3. The van der Waals surface area contributed by atoms with Crippen molar-refractivity contribution < 1.29 is 18.0 Å². The molecule has 1 aromatic rings. The minimum atomic E-state index is -4.17. The number of nitriles is 1. The van der Waals surface area contributed by atoms with E-state index in [0.717, 1.165) is 0 Å². The summed E-state index contributed by atoms with van der Waals surface area (Å²) in [6, 6.07) is 9.07. The van der Waals surface area contributed by atoms with E-state index >= 15 is 0 Å². The number of primary amides is 1. The Morgan fingerprint density at radius 2 is 1.96 bits per heavy atom. The average molecular weight is 406 g/mol. The molecule has 28 heavy (non-hydrogen) atoms. The Bertz CT molecular complexity index is 859. The number of hydrogen-bond acceptors (Lipinski definition) is 6. The van der Waals surface area contributed by atoms with Crippen LogP contribution in [0.3, 0.4) is 0 Å². The van der Waals surface area contributed by atoms with Crippen molar-refractivity contribution in [3.63, 3.8) is 0 Å². The van der Waals surface area contributed by atoms with Crippen LogP contribution in [0.5, 0.6) is 0 Å². The molecule has 1 unspecified atom stereocenters. The Kier molecular flexibility index (Phi) is 9.50. The number of carbonyl (C=O) groups is 2. The van der Waals surface area contributed by atoms with E-state index in [-0.39, 0.29) is 30.2 Å². The van der Waals surface area contributed by atoms with Crippen LogP contribution in [0.4, 0.5) is 0 Å². The van der Waals surface area contributed by atoms with E-state index in [4.69, 9.17) is 16.5 Å². The second-order valence-electron chi connectivity index (χ2n) is 6.05. The van der Waals surface area contributed by atoms with Crippen molar-refractivity contribution in [2.24, 2.45) is 16.8 Å². The van der Waals surface area contributed by atoms with Gasteiger partial charge >= 0.3 is 0 Å². The molecule has 0 bridgehead atoms. The molecular formula is C17H22N6O4S. The Hall–Kier alpha value is -3.09. The summed E-state index contributed by atoms with van der Waals surface area (Å²) in [6.07, 6.45) is 1.10. The van der Waals surface area contributed by atoms with Gasteiger partial charge < -0.3 is 5.73 Å². The van der Waals surface area contributed by atoms with Crippen LogP contribution in [-0.4, -0.2) is 37.6 Å². The topological polar surface area (TPSA) is 170 Å². The smallest absolute Gasteiger partial charge is 0.267 e. The van der Waals surface area contributed by atoms with E-state index in [1.807, 2.05) is 0 Å². The van der Waals surface area contributed by atoms with Crippen LogP contribution in [0.2, 0.25) is 0 Å².